The predicted molar refractivity (Wildman–Crippen MR) is 116 cm³/mol. The van der Waals surface area contributed by atoms with Crippen LogP contribution in [0.5, 0.6) is 11.5 Å². The highest BCUT2D eigenvalue weighted by Gasteiger charge is 2.12. The third-order valence-electron chi connectivity index (χ3n) is 4.99. The molecule has 2 heterocycles. The first kappa shape index (κ1) is 19.8. The summed E-state index contributed by atoms with van der Waals surface area (Å²) in [6.07, 6.45) is 1.91. The molecule has 1 aromatic heterocycles. The minimum absolute atomic E-state index is 0.499. The van der Waals surface area contributed by atoms with E-state index in [9.17, 15) is 0 Å². The lowest BCUT2D eigenvalue weighted by Crippen LogP contribution is -2.38. The fraction of sp³-hybridized carbons (Fsp3) is 0.318. The summed E-state index contributed by atoms with van der Waals surface area (Å²) in [5.41, 5.74) is 3.52. The topological polar surface area (TPSA) is 96.5 Å². The number of fused-ring (bicyclic) bond motifs is 1. The Balaban J connectivity index is 1.26. The van der Waals surface area contributed by atoms with Gasteiger partial charge in [0.25, 0.3) is 0 Å². The van der Waals surface area contributed by atoms with Crippen molar-refractivity contribution in [3.05, 3.63) is 59.4 Å². The molecule has 3 aromatic rings. The molecule has 0 saturated carbocycles. The first-order valence-corrected chi connectivity index (χ1v) is 10.00. The lowest BCUT2D eigenvalue weighted by atomic mass is 10.1. The summed E-state index contributed by atoms with van der Waals surface area (Å²) < 4.78 is 10.7. The maximum Gasteiger partial charge on any atom is 0.191 e. The summed E-state index contributed by atoms with van der Waals surface area (Å²) in [7, 11) is 3.40. The number of aromatic amines is 1. The van der Waals surface area contributed by atoms with Crippen LogP contribution in [-0.4, -0.2) is 48.5 Å². The van der Waals surface area contributed by atoms with Crippen LogP contribution in [0.4, 0.5) is 0 Å². The number of benzene rings is 2. The molecule has 0 unspecified atom stereocenters. The monoisotopic (exact) mass is 406 g/mol. The van der Waals surface area contributed by atoms with Crippen molar-refractivity contribution >= 4 is 5.96 Å². The highest BCUT2D eigenvalue weighted by Crippen LogP contribution is 2.25. The Kier molecular flexibility index (Phi) is 6.12. The zero-order valence-electron chi connectivity index (χ0n) is 17.2. The average Bonchev–Trinajstić information content (AvgIpc) is 3.45. The molecule has 0 atom stereocenters. The highest BCUT2D eigenvalue weighted by molar-refractivity contribution is 5.79. The van der Waals surface area contributed by atoms with Crippen LogP contribution < -0.4 is 20.1 Å². The minimum atomic E-state index is 0.499. The van der Waals surface area contributed by atoms with Crippen LogP contribution in [0.25, 0.3) is 11.4 Å². The number of hydrogen-bond acceptors (Lipinski definition) is 5. The molecule has 30 heavy (non-hydrogen) atoms. The van der Waals surface area contributed by atoms with E-state index in [1.54, 1.807) is 14.2 Å². The fourth-order valence-electron chi connectivity index (χ4n) is 3.35. The summed E-state index contributed by atoms with van der Waals surface area (Å²) >= 11 is 0. The number of nitrogens with zero attached hydrogens (tertiary/aromatic N) is 3. The molecule has 156 valence electrons. The quantitative estimate of drug-likeness (QED) is 0.412. The Hall–Kier alpha value is -3.55. The molecule has 0 saturated heterocycles. The molecule has 0 radical (unpaired) electrons. The standard InChI is InChI=1S/C22H26N6O2/c1-23-22(24-11-9-15-3-8-19-17(13-15)10-12-30-19)25-14-20-26-21(28-27-20)16-4-6-18(29-2)7-5-16/h3-8,13H,9-12,14H2,1-2H3,(H2,23,24,25)(H,26,27,28). The van der Waals surface area contributed by atoms with Crippen molar-refractivity contribution in [2.45, 2.75) is 19.4 Å². The molecular weight excluding hydrogens is 380 g/mol. The first-order valence-electron chi connectivity index (χ1n) is 10.00. The summed E-state index contributed by atoms with van der Waals surface area (Å²) in [5, 5.41) is 13.9. The Labute approximate surface area is 175 Å². The molecule has 1 aliphatic heterocycles. The van der Waals surface area contributed by atoms with Gasteiger partial charge in [0.2, 0.25) is 0 Å². The molecule has 0 aliphatic carbocycles. The van der Waals surface area contributed by atoms with Crippen LogP contribution in [0.2, 0.25) is 0 Å². The molecule has 3 N–H and O–H groups in total. The number of methoxy groups -OCH3 is 1. The van der Waals surface area contributed by atoms with E-state index in [-0.39, 0.29) is 0 Å². The Morgan fingerprint density at radius 3 is 2.87 bits per heavy atom. The normalized spacial score (nSPS) is 12.9. The van der Waals surface area contributed by atoms with Gasteiger partial charge in [0, 0.05) is 25.6 Å². The summed E-state index contributed by atoms with van der Waals surface area (Å²) in [6.45, 7) is 2.07. The van der Waals surface area contributed by atoms with Gasteiger partial charge in [0.15, 0.2) is 11.8 Å². The number of aliphatic imine (C=N–C) groups is 1. The van der Waals surface area contributed by atoms with Gasteiger partial charge in [-0.15, -0.1) is 0 Å². The van der Waals surface area contributed by atoms with Gasteiger partial charge in [0.1, 0.15) is 17.3 Å². The third kappa shape index (κ3) is 4.71. The molecule has 1 aliphatic rings. The molecule has 2 aromatic carbocycles. The van der Waals surface area contributed by atoms with E-state index in [4.69, 9.17) is 9.47 Å². The van der Waals surface area contributed by atoms with Crippen molar-refractivity contribution in [1.29, 1.82) is 0 Å². The van der Waals surface area contributed by atoms with E-state index in [1.807, 2.05) is 24.3 Å². The second kappa shape index (κ2) is 9.30. The van der Waals surface area contributed by atoms with Gasteiger partial charge < -0.3 is 20.1 Å². The molecule has 0 fully saturated rings. The van der Waals surface area contributed by atoms with E-state index in [1.165, 1.54) is 11.1 Å². The van der Waals surface area contributed by atoms with Crippen molar-refractivity contribution in [2.75, 3.05) is 27.3 Å². The second-order valence-electron chi connectivity index (χ2n) is 6.98. The number of hydrogen-bond donors (Lipinski definition) is 3. The molecule has 0 bridgehead atoms. The van der Waals surface area contributed by atoms with Crippen LogP contribution in [0.15, 0.2) is 47.5 Å². The van der Waals surface area contributed by atoms with Gasteiger partial charge in [-0.25, -0.2) is 4.98 Å². The number of rotatable bonds is 7. The zero-order valence-corrected chi connectivity index (χ0v) is 17.2. The number of nitrogens with one attached hydrogen (secondary N) is 3. The lowest BCUT2D eigenvalue weighted by Gasteiger charge is -2.11. The molecule has 8 nitrogen and oxygen atoms in total. The average molecular weight is 406 g/mol. The Bertz CT molecular complexity index is 1010. The Morgan fingerprint density at radius 2 is 2.07 bits per heavy atom. The molecular formula is C22H26N6O2. The molecule has 0 amide bonds. The van der Waals surface area contributed by atoms with Crippen LogP contribution >= 0.6 is 0 Å². The van der Waals surface area contributed by atoms with Gasteiger partial charge >= 0.3 is 0 Å². The first-order chi connectivity index (χ1) is 14.7. The second-order valence-corrected chi connectivity index (χ2v) is 6.98. The maximum absolute atomic E-state index is 5.56. The summed E-state index contributed by atoms with van der Waals surface area (Å²) in [5.74, 6) is 3.94. The smallest absolute Gasteiger partial charge is 0.191 e. The van der Waals surface area contributed by atoms with E-state index < -0.39 is 0 Å². The largest absolute Gasteiger partial charge is 0.497 e. The van der Waals surface area contributed by atoms with Gasteiger partial charge in [-0.2, -0.15) is 5.10 Å². The lowest BCUT2D eigenvalue weighted by molar-refractivity contribution is 0.357. The van der Waals surface area contributed by atoms with Gasteiger partial charge in [-0.3, -0.25) is 10.1 Å². The summed E-state index contributed by atoms with van der Waals surface area (Å²) in [4.78, 5) is 8.81. The van der Waals surface area contributed by atoms with Crippen LogP contribution in [0.1, 0.15) is 17.0 Å². The third-order valence-corrected chi connectivity index (χ3v) is 4.99. The SMILES string of the molecule is CN=C(NCCc1ccc2c(c1)CCO2)NCc1nc(-c2ccc(OC)cc2)n[nH]1. The van der Waals surface area contributed by atoms with Crippen LogP contribution in [0.3, 0.4) is 0 Å². The molecule has 8 heteroatoms. The Morgan fingerprint density at radius 1 is 1.20 bits per heavy atom. The zero-order chi connectivity index (χ0) is 20.8. The number of H-pyrrole nitrogens is 1. The van der Waals surface area contributed by atoms with Crippen molar-refractivity contribution in [3.63, 3.8) is 0 Å². The minimum Gasteiger partial charge on any atom is -0.497 e. The fourth-order valence-corrected chi connectivity index (χ4v) is 3.35. The van der Waals surface area contributed by atoms with Gasteiger partial charge in [0.05, 0.1) is 20.3 Å². The predicted octanol–water partition coefficient (Wildman–Crippen LogP) is 2.32. The van der Waals surface area contributed by atoms with Crippen molar-refractivity contribution < 1.29 is 9.47 Å². The van der Waals surface area contributed by atoms with Crippen LogP contribution in [-0.2, 0) is 19.4 Å². The van der Waals surface area contributed by atoms with Crippen molar-refractivity contribution in [3.8, 4) is 22.9 Å². The van der Waals surface area contributed by atoms with E-state index in [0.717, 1.165) is 54.8 Å². The molecule has 0 spiro atoms. The van der Waals surface area contributed by atoms with E-state index >= 15 is 0 Å². The molecule has 4 rings (SSSR count). The van der Waals surface area contributed by atoms with E-state index in [2.05, 4.69) is 49.0 Å². The van der Waals surface area contributed by atoms with Crippen LogP contribution in [0, 0.1) is 0 Å². The number of aromatic nitrogens is 3. The van der Waals surface area contributed by atoms with Crippen molar-refractivity contribution in [2.24, 2.45) is 4.99 Å². The van der Waals surface area contributed by atoms with Gasteiger partial charge in [-0.05, 0) is 47.9 Å². The maximum atomic E-state index is 5.56. The summed E-state index contributed by atoms with van der Waals surface area (Å²) in [6, 6.07) is 14.1. The van der Waals surface area contributed by atoms with E-state index in [0.29, 0.717) is 12.4 Å². The number of guanidine groups is 1. The highest BCUT2D eigenvalue weighted by atomic mass is 16.5. The van der Waals surface area contributed by atoms with Gasteiger partial charge in [-0.1, -0.05) is 12.1 Å². The van der Waals surface area contributed by atoms with Crippen molar-refractivity contribution in [1.82, 2.24) is 25.8 Å². The number of ether oxygens (including phenoxy) is 2.